The molecule has 0 saturated heterocycles. The second kappa shape index (κ2) is 5.51. The number of nitrogens with two attached hydrogens (primary N) is 1. The van der Waals surface area contributed by atoms with Gasteiger partial charge in [0.25, 0.3) is 0 Å². The molecular weight excluding hydrogens is 259 g/mol. The number of rotatable bonds is 4. The van der Waals surface area contributed by atoms with E-state index in [1.165, 1.54) is 0 Å². The van der Waals surface area contributed by atoms with Crippen molar-refractivity contribution in [3.63, 3.8) is 0 Å². The molecule has 0 bridgehead atoms. The first-order valence-corrected chi connectivity index (χ1v) is 5.85. The number of hydrogen-bond donors (Lipinski definition) is 3. The van der Waals surface area contributed by atoms with Crippen molar-refractivity contribution < 1.29 is 0 Å². The third kappa shape index (κ3) is 2.98. The Kier molecular flexibility index (Phi) is 4.02. The van der Waals surface area contributed by atoms with Crippen molar-refractivity contribution in [3.8, 4) is 0 Å². The van der Waals surface area contributed by atoms with E-state index in [9.17, 15) is 0 Å². The second-order valence-corrected chi connectivity index (χ2v) is 4.46. The van der Waals surface area contributed by atoms with Gasteiger partial charge >= 0.3 is 0 Å². The van der Waals surface area contributed by atoms with Gasteiger partial charge in [-0.3, -0.25) is 5.84 Å². The minimum atomic E-state index is -0.0813. The van der Waals surface area contributed by atoms with E-state index in [2.05, 4.69) is 15.4 Å². The highest BCUT2D eigenvalue weighted by Gasteiger charge is 2.13. The van der Waals surface area contributed by atoms with Crippen LogP contribution in [0.15, 0.2) is 30.6 Å². The van der Waals surface area contributed by atoms with Crippen LogP contribution >= 0.6 is 23.2 Å². The number of hydrogen-bond acceptors (Lipinski definition) is 3. The Balaban J connectivity index is 2.16. The average Bonchev–Trinajstić information content (AvgIpc) is 2.84. The van der Waals surface area contributed by atoms with Gasteiger partial charge in [0, 0.05) is 12.4 Å². The zero-order valence-corrected chi connectivity index (χ0v) is 10.5. The van der Waals surface area contributed by atoms with Gasteiger partial charge in [-0.15, -0.1) is 0 Å². The number of nitrogens with zero attached hydrogens (tertiary/aromatic N) is 1. The zero-order valence-electron chi connectivity index (χ0n) is 8.95. The van der Waals surface area contributed by atoms with E-state index in [1.807, 2.05) is 12.1 Å². The summed E-state index contributed by atoms with van der Waals surface area (Å²) in [7, 11) is 0. The first kappa shape index (κ1) is 12.4. The summed E-state index contributed by atoms with van der Waals surface area (Å²) in [6, 6.07) is 5.44. The van der Waals surface area contributed by atoms with Crippen molar-refractivity contribution in [2.24, 2.45) is 5.84 Å². The quantitative estimate of drug-likeness (QED) is 0.591. The summed E-state index contributed by atoms with van der Waals surface area (Å²) in [5.74, 6) is 6.30. The first-order valence-electron chi connectivity index (χ1n) is 5.10. The minimum Gasteiger partial charge on any atom is -0.347 e. The van der Waals surface area contributed by atoms with E-state index in [1.54, 1.807) is 18.5 Å². The maximum atomic E-state index is 5.96. The smallest absolute Gasteiger partial charge is 0.124 e. The molecule has 1 heterocycles. The third-order valence-electron chi connectivity index (χ3n) is 2.47. The molecule has 0 aliphatic heterocycles. The molecule has 2 aromatic rings. The summed E-state index contributed by atoms with van der Waals surface area (Å²) >= 11 is 11.8. The third-order valence-corrected chi connectivity index (χ3v) is 3.21. The summed E-state index contributed by atoms with van der Waals surface area (Å²) in [6.45, 7) is 0. The molecule has 6 heteroatoms. The normalized spacial score (nSPS) is 12.6. The van der Waals surface area contributed by atoms with Crippen LogP contribution < -0.4 is 11.3 Å². The number of aromatic amines is 1. The summed E-state index contributed by atoms with van der Waals surface area (Å²) < 4.78 is 0. The molecule has 1 atom stereocenters. The van der Waals surface area contributed by atoms with Crippen molar-refractivity contribution in [2.75, 3.05) is 0 Å². The summed E-state index contributed by atoms with van der Waals surface area (Å²) in [5.41, 5.74) is 3.76. The summed E-state index contributed by atoms with van der Waals surface area (Å²) in [4.78, 5) is 7.19. The van der Waals surface area contributed by atoms with Crippen LogP contribution in [0.5, 0.6) is 0 Å². The molecule has 4 nitrogen and oxygen atoms in total. The van der Waals surface area contributed by atoms with E-state index in [-0.39, 0.29) is 6.04 Å². The highest BCUT2D eigenvalue weighted by Crippen LogP contribution is 2.24. The van der Waals surface area contributed by atoms with E-state index in [0.29, 0.717) is 16.5 Å². The minimum absolute atomic E-state index is 0.0813. The molecule has 0 spiro atoms. The lowest BCUT2D eigenvalue weighted by Crippen LogP contribution is -2.30. The maximum Gasteiger partial charge on any atom is 0.124 e. The van der Waals surface area contributed by atoms with Crippen molar-refractivity contribution in [3.05, 3.63) is 52.0 Å². The van der Waals surface area contributed by atoms with Gasteiger partial charge in [-0.1, -0.05) is 29.3 Å². The van der Waals surface area contributed by atoms with Gasteiger partial charge in [0.1, 0.15) is 5.82 Å². The Labute approximate surface area is 109 Å². The van der Waals surface area contributed by atoms with Gasteiger partial charge in [0.2, 0.25) is 0 Å². The van der Waals surface area contributed by atoms with Crippen molar-refractivity contribution in [1.29, 1.82) is 0 Å². The molecule has 0 fully saturated rings. The lowest BCUT2D eigenvalue weighted by atomic mass is 10.1. The van der Waals surface area contributed by atoms with Crippen molar-refractivity contribution in [1.82, 2.24) is 15.4 Å². The molecule has 1 aromatic carbocycles. The Morgan fingerprint density at radius 3 is 2.76 bits per heavy atom. The van der Waals surface area contributed by atoms with E-state index in [4.69, 9.17) is 29.0 Å². The Morgan fingerprint density at radius 2 is 2.18 bits per heavy atom. The predicted octanol–water partition coefficient (Wildman–Crippen LogP) is 2.46. The zero-order chi connectivity index (χ0) is 12.3. The Hall–Kier alpha value is -1.07. The number of aromatic nitrogens is 2. The number of nitrogens with one attached hydrogen (secondary N) is 2. The fraction of sp³-hybridized carbons (Fsp3) is 0.182. The van der Waals surface area contributed by atoms with Crippen LogP contribution in [0.1, 0.15) is 17.4 Å². The molecular formula is C11H12Cl2N4. The summed E-state index contributed by atoms with van der Waals surface area (Å²) in [5, 5.41) is 1.09. The number of H-pyrrole nitrogens is 1. The van der Waals surface area contributed by atoms with Gasteiger partial charge < -0.3 is 4.98 Å². The molecule has 1 unspecified atom stereocenters. The van der Waals surface area contributed by atoms with Gasteiger partial charge in [0.05, 0.1) is 16.1 Å². The molecule has 0 amide bonds. The second-order valence-electron chi connectivity index (χ2n) is 3.65. The van der Waals surface area contributed by atoms with E-state index >= 15 is 0 Å². The van der Waals surface area contributed by atoms with Gasteiger partial charge in [-0.05, 0) is 24.1 Å². The van der Waals surface area contributed by atoms with Crippen LogP contribution in [0.25, 0.3) is 0 Å². The molecule has 2 rings (SSSR count). The molecule has 0 radical (unpaired) electrons. The predicted molar refractivity (Wildman–Crippen MR) is 68.8 cm³/mol. The van der Waals surface area contributed by atoms with Gasteiger partial charge in [-0.2, -0.15) is 0 Å². The highest BCUT2D eigenvalue weighted by atomic mass is 35.5. The monoisotopic (exact) mass is 270 g/mol. The molecule has 0 saturated carbocycles. The molecule has 0 aliphatic rings. The number of benzene rings is 1. The molecule has 4 N–H and O–H groups in total. The summed E-state index contributed by atoms with van der Waals surface area (Å²) in [6.07, 6.45) is 4.13. The Morgan fingerprint density at radius 1 is 1.35 bits per heavy atom. The topological polar surface area (TPSA) is 66.7 Å². The maximum absolute atomic E-state index is 5.96. The van der Waals surface area contributed by atoms with Crippen LogP contribution in [0.3, 0.4) is 0 Å². The number of hydrazine groups is 1. The standard InChI is InChI=1S/C11H12Cl2N4/c12-8-2-1-7(5-9(8)13)6-10(17-14)11-15-3-4-16-11/h1-5,10,17H,6,14H2,(H,15,16). The lowest BCUT2D eigenvalue weighted by molar-refractivity contribution is 0.527. The first-order chi connectivity index (χ1) is 8.20. The van der Waals surface area contributed by atoms with Crippen LogP contribution in [-0.4, -0.2) is 9.97 Å². The van der Waals surface area contributed by atoms with E-state index in [0.717, 1.165) is 11.4 Å². The lowest BCUT2D eigenvalue weighted by Gasteiger charge is -2.13. The van der Waals surface area contributed by atoms with Crippen molar-refractivity contribution in [2.45, 2.75) is 12.5 Å². The fourth-order valence-electron chi connectivity index (χ4n) is 1.60. The van der Waals surface area contributed by atoms with Crippen molar-refractivity contribution >= 4 is 23.2 Å². The van der Waals surface area contributed by atoms with Gasteiger partial charge in [0.15, 0.2) is 0 Å². The van der Waals surface area contributed by atoms with Crippen LogP contribution in [0, 0.1) is 0 Å². The molecule has 90 valence electrons. The van der Waals surface area contributed by atoms with Gasteiger partial charge in [-0.25, -0.2) is 10.4 Å². The van der Waals surface area contributed by atoms with Crippen LogP contribution in [-0.2, 0) is 6.42 Å². The number of imidazole rings is 1. The largest absolute Gasteiger partial charge is 0.347 e. The molecule has 0 aliphatic carbocycles. The SMILES string of the molecule is NNC(Cc1ccc(Cl)c(Cl)c1)c1ncc[nH]1. The number of halogens is 2. The molecule has 17 heavy (non-hydrogen) atoms. The van der Waals surface area contributed by atoms with Crippen LogP contribution in [0.4, 0.5) is 0 Å². The van der Waals surface area contributed by atoms with E-state index < -0.39 is 0 Å². The highest BCUT2D eigenvalue weighted by molar-refractivity contribution is 6.42. The fourth-order valence-corrected chi connectivity index (χ4v) is 1.93. The van der Waals surface area contributed by atoms with Crippen LogP contribution in [0.2, 0.25) is 10.0 Å². The Bertz CT molecular complexity index is 484. The average molecular weight is 271 g/mol. The molecule has 1 aromatic heterocycles.